The topological polar surface area (TPSA) is 16.1 Å². The molecule has 0 bridgehead atoms. The number of alkyl halides is 1. The van der Waals surface area contributed by atoms with Crippen LogP contribution < -0.4 is 4.90 Å². The summed E-state index contributed by atoms with van der Waals surface area (Å²) in [5.74, 6) is 1.60. The van der Waals surface area contributed by atoms with Crippen molar-refractivity contribution in [2.45, 2.75) is 18.2 Å². The first-order chi connectivity index (χ1) is 7.58. The fraction of sp³-hybridized carbons (Fsp3) is 0.545. The van der Waals surface area contributed by atoms with Gasteiger partial charge in [0.05, 0.1) is 5.02 Å². The third-order valence-electron chi connectivity index (χ3n) is 2.95. The molecule has 0 radical (unpaired) electrons. The maximum Gasteiger partial charge on any atom is 0.147 e. The van der Waals surface area contributed by atoms with Crippen LogP contribution in [-0.2, 0) is 0 Å². The zero-order valence-corrected chi connectivity index (χ0v) is 12.9. The molecule has 16 heavy (non-hydrogen) atoms. The number of rotatable bonds is 1. The highest BCUT2D eigenvalue weighted by atomic mass is 79.9. The van der Waals surface area contributed by atoms with Gasteiger partial charge in [-0.1, -0.05) is 34.5 Å². The lowest BCUT2D eigenvalue weighted by Crippen LogP contribution is -2.40. The number of nitrogens with zero attached hydrogens (tertiary/aromatic N) is 2. The minimum absolute atomic E-state index is 0.516. The van der Waals surface area contributed by atoms with Crippen LogP contribution in [0.25, 0.3) is 0 Å². The summed E-state index contributed by atoms with van der Waals surface area (Å²) in [4.78, 5) is 7.15. The van der Waals surface area contributed by atoms with Crippen molar-refractivity contribution in [1.29, 1.82) is 0 Å². The molecule has 2 rings (SSSR count). The molecule has 1 aromatic rings. The van der Waals surface area contributed by atoms with Crippen LogP contribution in [0.3, 0.4) is 0 Å². The van der Waals surface area contributed by atoms with Gasteiger partial charge >= 0.3 is 0 Å². The molecule has 2 unspecified atom stereocenters. The number of piperidine rings is 1. The van der Waals surface area contributed by atoms with Gasteiger partial charge in [0, 0.05) is 28.6 Å². The first-order valence-corrected chi connectivity index (χ1v) is 7.36. The summed E-state index contributed by atoms with van der Waals surface area (Å²) in [6.45, 7) is 4.26. The van der Waals surface area contributed by atoms with E-state index in [1.54, 1.807) is 6.20 Å². The summed E-state index contributed by atoms with van der Waals surface area (Å²) < 4.78 is 0.919. The normalized spacial score (nSPS) is 25.9. The van der Waals surface area contributed by atoms with Crippen molar-refractivity contribution in [3.8, 4) is 0 Å². The molecule has 88 valence electrons. The SMILES string of the molecule is CC1CCN(c2ncc(Br)cc2Cl)CC1Br. The monoisotopic (exact) mass is 366 g/mol. The third-order valence-corrected chi connectivity index (χ3v) is 4.86. The van der Waals surface area contributed by atoms with E-state index in [2.05, 4.69) is 48.7 Å². The molecule has 2 nitrogen and oxygen atoms in total. The highest BCUT2D eigenvalue weighted by Gasteiger charge is 2.25. The zero-order chi connectivity index (χ0) is 11.7. The smallest absolute Gasteiger partial charge is 0.147 e. The Bertz CT molecular complexity index is 386. The molecule has 0 amide bonds. The Morgan fingerprint density at radius 3 is 2.94 bits per heavy atom. The summed E-state index contributed by atoms with van der Waals surface area (Å²) in [6, 6.07) is 1.89. The van der Waals surface area contributed by atoms with Crippen molar-refractivity contribution in [3.05, 3.63) is 21.8 Å². The number of anilines is 1. The fourth-order valence-electron chi connectivity index (χ4n) is 1.85. The van der Waals surface area contributed by atoms with E-state index in [0.717, 1.165) is 23.4 Å². The standard InChI is InChI=1S/C11H13Br2ClN2/c1-7-2-3-16(6-9(7)13)11-10(14)4-8(12)5-15-11/h4-5,7,9H,2-3,6H2,1H3. The highest BCUT2D eigenvalue weighted by Crippen LogP contribution is 2.31. The molecule has 2 heterocycles. The molecule has 2 atom stereocenters. The zero-order valence-electron chi connectivity index (χ0n) is 8.96. The van der Waals surface area contributed by atoms with Crippen LogP contribution in [0.1, 0.15) is 13.3 Å². The summed E-state index contributed by atoms with van der Waals surface area (Å²) in [5, 5.41) is 0.712. The van der Waals surface area contributed by atoms with Crippen molar-refractivity contribution >= 4 is 49.3 Å². The van der Waals surface area contributed by atoms with Crippen LogP contribution in [0.4, 0.5) is 5.82 Å². The first-order valence-electron chi connectivity index (χ1n) is 5.28. The predicted molar refractivity (Wildman–Crippen MR) is 75.7 cm³/mol. The molecule has 1 aliphatic rings. The Hall–Kier alpha value is 0.200. The van der Waals surface area contributed by atoms with Crippen molar-refractivity contribution in [3.63, 3.8) is 0 Å². The molecular formula is C11H13Br2ClN2. The number of hydrogen-bond donors (Lipinski definition) is 0. The van der Waals surface area contributed by atoms with Gasteiger partial charge in [0.15, 0.2) is 0 Å². The van der Waals surface area contributed by atoms with E-state index in [-0.39, 0.29) is 0 Å². The van der Waals surface area contributed by atoms with E-state index in [9.17, 15) is 0 Å². The van der Waals surface area contributed by atoms with Crippen LogP contribution in [0, 0.1) is 5.92 Å². The largest absolute Gasteiger partial charge is 0.354 e. The second-order valence-electron chi connectivity index (χ2n) is 4.19. The summed E-state index contributed by atoms with van der Waals surface area (Å²) in [7, 11) is 0. The van der Waals surface area contributed by atoms with E-state index >= 15 is 0 Å². The Kier molecular flexibility index (Phi) is 4.14. The third kappa shape index (κ3) is 2.71. The fourth-order valence-corrected chi connectivity index (χ4v) is 3.22. The Morgan fingerprint density at radius 1 is 1.56 bits per heavy atom. The molecule has 1 aromatic heterocycles. The van der Waals surface area contributed by atoms with Crippen LogP contribution in [0.5, 0.6) is 0 Å². The Morgan fingerprint density at radius 2 is 2.31 bits per heavy atom. The minimum atomic E-state index is 0.516. The number of hydrogen-bond acceptors (Lipinski definition) is 2. The highest BCUT2D eigenvalue weighted by molar-refractivity contribution is 9.10. The molecule has 0 aliphatic carbocycles. The number of pyridine rings is 1. The van der Waals surface area contributed by atoms with E-state index < -0.39 is 0 Å². The maximum atomic E-state index is 6.20. The molecule has 0 aromatic carbocycles. The van der Waals surface area contributed by atoms with Gasteiger partial charge in [0.1, 0.15) is 5.82 Å². The molecular weight excluding hydrogens is 355 g/mol. The van der Waals surface area contributed by atoms with Crippen LogP contribution >= 0.6 is 43.5 Å². The van der Waals surface area contributed by atoms with Crippen LogP contribution in [-0.4, -0.2) is 22.9 Å². The lowest BCUT2D eigenvalue weighted by Gasteiger charge is -2.35. The van der Waals surface area contributed by atoms with Gasteiger partial charge in [-0.05, 0) is 34.3 Å². The van der Waals surface area contributed by atoms with Gasteiger partial charge in [-0.25, -0.2) is 4.98 Å². The Labute approximate surface area is 118 Å². The molecule has 0 saturated carbocycles. The van der Waals surface area contributed by atoms with Gasteiger partial charge in [0.2, 0.25) is 0 Å². The molecule has 5 heteroatoms. The minimum Gasteiger partial charge on any atom is -0.354 e. The number of aromatic nitrogens is 1. The lowest BCUT2D eigenvalue weighted by molar-refractivity contribution is 0.454. The summed E-state index contributed by atoms with van der Waals surface area (Å²) >= 11 is 13.3. The maximum absolute atomic E-state index is 6.20. The molecule has 1 saturated heterocycles. The molecule has 1 aliphatic heterocycles. The Balaban J connectivity index is 2.18. The van der Waals surface area contributed by atoms with Crippen LogP contribution in [0.15, 0.2) is 16.7 Å². The van der Waals surface area contributed by atoms with Crippen LogP contribution in [0.2, 0.25) is 5.02 Å². The van der Waals surface area contributed by atoms with Gasteiger partial charge in [0.25, 0.3) is 0 Å². The van der Waals surface area contributed by atoms with E-state index in [1.807, 2.05) is 6.07 Å². The average Bonchev–Trinajstić information content (AvgIpc) is 2.22. The summed E-state index contributed by atoms with van der Waals surface area (Å²) in [5.41, 5.74) is 0. The molecule has 0 spiro atoms. The van der Waals surface area contributed by atoms with Crippen molar-refractivity contribution < 1.29 is 0 Å². The first kappa shape index (κ1) is 12.7. The lowest BCUT2D eigenvalue weighted by atomic mass is 9.99. The quantitative estimate of drug-likeness (QED) is 0.694. The second-order valence-corrected chi connectivity index (χ2v) is 6.69. The van der Waals surface area contributed by atoms with Crippen molar-refractivity contribution in [1.82, 2.24) is 4.98 Å². The average molecular weight is 368 g/mol. The number of halogens is 3. The van der Waals surface area contributed by atoms with Gasteiger partial charge in [-0.2, -0.15) is 0 Å². The molecule has 1 fully saturated rings. The van der Waals surface area contributed by atoms with Crippen molar-refractivity contribution in [2.24, 2.45) is 5.92 Å². The van der Waals surface area contributed by atoms with E-state index in [1.165, 1.54) is 6.42 Å². The van der Waals surface area contributed by atoms with Gasteiger partial charge in [-0.15, -0.1) is 0 Å². The van der Waals surface area contributed by atoms with Gasteiger partial charge in [-0.3, -0.25) is 0 Å². The van der Waals surface area contributed by atoms with Gasteiger partial charge < -0.3 is 4.90 Å². The predicted octanol–water partition coefficient (Wildman–Crippen LogP) is 4.11. The second kappa shape index (κ2) is 5.23. The summed E-state index contributed by atoms with van der Waals surface area (Å²) in [6.07, 6.45) is 2.96. The molecule has 0 N–H and O–H groups in total. The van der Waals surface area contributed by atoms with E-state index in [0.29, 0.717) is 15.8 Å². The van der Waals surface area contributed by atoms with Crippen molar-refractivity contribution in [2.75, 3.05) is 18.0 Å². The van der Waals surface area contributed by atoms with E-state index in [4.69, 9.17) is 11.6 Å².